The maximum absolute atomic E-state index is 5.52. The van der Waals surface area contributed by atoms with Crippen molar-refractivity contribution in [2.75, 3.05) is 41.4 Å². The van der Waals surface area contributed by atoms with Gasteiger partial charge >= 0.3 is 0 Å². The average molecular weight is 292 g/mol. The minimum atomic E-state index is 0.255. The molecule has 1 aromatic rings. The van der Waals surface area contributed by atoms with Gasteiger partial charge in [0.15, 0.2) is 0 Å². The average Bonchev–Trinajstić information content (AvgIpc) is 3.19. The topological polar surface area (TPSA) is 33.7 Å². The van der Waals surface area contributed by atoms with Gasteiger partial charge in [-0.3, -0.25) is 0 Å². The second-order valence-corrected chi connectivity index (χ2v) is 6.14. The second kappa shape index (κ2) is 7.14. The summed E-state index contributed by atoms with van der Waals surface area (Å²) in [6.07, 6.45) is 1.38. The zero-order valence-corrected chi connectivity index (χ0v) is 13.8. The first-order valence-electron chi connectivity index (χ1n) is 7.66. The van der Waals surface area contributed by atoms with Crippen molar-refractivity contribution in [3.63, 3.8) is 0 Å². The maximum Gasteiger partial charge on any atom is 0.127 e. The molecule has 1 aromatic carbocycles. The highest BCUT2D eigenvalue weighted by molar-refractivity contribution is 5.42. The summed E-state index contributed by atoms with van der Waals surface area (Å²) >= 11 is 0. The smallest absolute Gasteiger partial charge is 0.127 e. The SMILES string of the molecule is CNC(CN(C)CC1CC1C)c1ccc(OC)cc1OC. The molecule has 0 amide bonds. The van der Waals surface area contributed by atoms with Crippen molar-refractivity contribution in [2.24, 2.45) is 11.8 Å². The van der Waals surface area contributed by atoms with Gasteiger partial charge in [0.25, 0.3) is 0 Å². The van der Waals surface area contributed by atoms with Crippen molar-refractivity contribution in [2.45, 2.75) is 19.4 Å². The zero-order chi connectivity index (χ0) is 15.4. The number of hydrogen-bond donors (Lipinski definition) is 1. The van der Waals surface area contributed by atoms with E-state index in [2.05, 4.69) is 30.3 Å². The molecule has 1 saturated carbocycles. The van der Waals surface area contributed by atoms with Crippen LogP contribution in [-0.4, -0.2) is 46.3 Å². The lowest BCUT2D eigenvalue weighted by molar-refractivity contribution is 0.278. The van der Waals surface area contributed by atoms with Crippen LogP contribution in [0.15, 0.2) is 18.2 Å². The van der Waals surface area contributed by atoms with Crippen LogP contribution in [0.1, 0.15) is 24.9 Å². The molecule has 0 radical (unpaired) electrons. The molecule has 1 fully saturated rings. The molecule has 0 heterocycles. The highest BCUT2D eigenvalue weighted by Crippen LogP contribution is 2.38. The summed E-state index contributed by atoms with van der Waals surface area (Å²) in [6.45, 7) is 4.49. The standard InChI is InChI=1S/C17H28N2O2/c1-12-8-13(12)10-19(3)11-16(18-2)15-7-6-14(20-4)9-17(15)21-5/h6-7,9,12-13,16,18H,8,10-11H2,1-5H3. The minimum absolute atomic E-state index is 0.255. The van der Waals surface area contributed by atoms with Gasteiger partial charge in [0.1, 0.15) is 11.5 Å². The molecule has 1 aliphatic carbocycles. The molecule has 0 aliphatic heterocycles. The summed E-state index contributed by atoms with van der Waals surface area (Å²) in [5.74, 6) is 3.48. The minimum Gasteiger partial charge on any atom is -0.497 e. The number of ether oxygens (including phenoxy) is 2. The molecule has 3 atom stereocenters. The molecule has 0 spiro atoms. The van der Waals surface area contributed by atoms with Crippen LogP contribution in [0.5, 0.6) is 11.5 Å². The van der Waals surface area contributed by atoms with Crippen LogP contribution >= 0.6 is 0 Å². The molecule has 1 N–H and O–H groups in total. The Balaban J connectivity index is 2.05. The Bertz CT molecular complexity index is 464. The summed E-state index contributed by atoms with van der Waals surface area (Å²) in [7, 11) is 7.59. The van der Waals surface area contributed by atoms with Crippen molar-refractivity contribution < 1.29 is 9.47 Å². The third-order valence-corrected chi connectivity index (χ3v) is 4.48. The van der Waals surface area contributed by atoms with Crippen molar-refractivity contribution in [1.82, 2.24) is 10.2 Å². The van der Waals surface area contributed by atoms with Crippen LogP contribution in [0.4, 0.5) is 0 Å². The summed E-state index contributed by atoms with van der Waals surface area (Å²) in [5, 5.41) is 3.40. The second-order valence-electron chi connectivity index (χ2n) is 6.14. The molecule has 3 unspecified atom stereocenters. The van der Waals surface area contributed by atoms with Gasteiger partial charge in [0.2, 0.25) is 0 Å². The number of nitrogens with zero attached hydrogens (tertiary/aromatic N) is 1. The van der Waals surface area contributed by atoms with E-state index in [-0.39, 0.29) is 6.04 Å². The number of methoxy groups -OCH3 is 2. The van der Waals surface area contributed by atoms with Gasteiger partial charge in [-0.1, -0.05) is 13.0 Å². The maximum atomic E-state index is 5.52. The Kier molecular flexibility index (Phi) is 5.48. The molecule has 4 nitrogen and oxygen atoms in total. The predicted octanol–water partition coefficient (Wildman–Crippen LogP) is 2.55. The van der Waals surface area contributed by atoms with Crippen molar-refractivity contribution in [1.29, 1.82) is 0 Å². The number of benzene rings is 1. The number of likely N-dealkylation sites (N-methyl/N-ethyl adjacent to an activating group) is 2. The Hall–Kier alpha value is -1.26. The van der Waals surface area contributed by atoms with Gasteiger partial charge in [0.05, 0.1) is 14.2 Å². The van der Waals surface area contributed by atoms with Crippen LogP contribution in [0, 0.1) is 11.8 Å². The molecule has 0 saturated heterocycles. The molecule has 21 heavy (non-hydrogen) atoms. The summed E-state index contributed by atoms with van der Waals surface area (Å²) < 4.78 is 10.8. The van der Waals surface area contributed by atoms with E-state index in [1.165, 1.54) is 18.5 Å². The molecular weight excluding hydrogens is 264 g/mol. The highest BCUT2D eigenvalue weighted by Gasteiger charge is 2.33. The molecule has 0 bridgehead atoms. The lowest BCUT2D eigenvalue weighted by atomic mass is 10.0. The Labute approximate surface area is 128 Å². The van der Waals surface area contributed by atoms with E-state index in [0.29, 0.717) is 0 Å². The Morgan fingerprint density at radius 3 is 2.57 bits per heavy atom. The fourth-order valence-electron chi connectivity index (χ4n) is 2.89. The van der Waals surface area contributed by atoms with E-state index in [9.17, 15) is 0 Å². The van der Waals surface area contributed by atoms with Crippen LogP contribution < -0.4 is 14.8 Å². The van der Waals surface area contributed by atoms with Crippen LogP contribution in [0.3, 0.4) is 0 Å². The number of hydrogen-bond acceptors (Lipinski definition) is 4. The lowest BCUT2D eigenvalue weighted by Crippen LogP contribution is -2.32. The van der Waals surface area contributed by atoms with Gasteiger partial charge in [-0.2, -0.15) is 0 Å². The third kappa shape index (κ3) is 4.11. The Morgan fingerprint density at radius 1 is 1.33 bits per heavy atom. The molecule has 1 aliphatic rings. The van der Waals surface area contributed by atoms with Gasteiger partial charge in [-0.25, -0.2) is 0 Å². The molecule has 2 rings (SSSR count). The molecule has 118 valence electrons. The molecule has 4 heteroatoms. The number of nitrogens with one attached hydrogen (secondary N) is 1. The third-order valence-electron chi connectivity index (χ3n) is 4.48. The normalized spacial score (nSPS) is 22.2. The zero-order valence-electron chi connectivity index (χ0n) is 13.8. The van der Waals surface area contributed by atoms with Gasteiger partial charge in [-0.15, -0.1) is 0 Å². The van der Waals surface area contributed by atoms with Gasteiger partial charge in [0, 0.05) is 30.8 Å². The number of rotatable bonds is 8. The molecular formula is C17H28N2O2. The van der Waals surface area contributed by atoms with E-state index >= 15 is 0 Å². The van der Waals surface area contributed by atoms with E-state index in [1.807, 2.05) is 19.2 Å². The van der Waals surface area contributed by atoms with Gasteiger partial charge < -0.3 is 19.7 Å². The van der Waals surface area contributed by atoms with Crippen LogP contribution in [-0.2, 0) is 0 Å². The van der Waals surface area contributed by atoms with Crippen molar-refractivity contribution >= 4 is 0 Å². The van der Waals surface area contributed by atoms with Crippen molar-refractivity contribution in [3.8, 4) is 11.5 Å². The largest absolute Gasteiger partial charge is 0.497 e. The van der Waals surface area contributed by atoms with Crippen LogP contribution in [0.25, 0.3) is 0 Å². The Morgan fingerprint density at radius 2 is 2.05 bits per heavy atom. The molecule has 0 aromatic heterocycles. The van der Waals surface area contributed by atoms with Crippen molar-refractivity contribution in [3.05, 3.63) is 23.8 Å². The highest BCUT2D eigenvalue weighted by atomic mass is 16.5. The summed E-state index contributed by atoms with van der Waals surface area (Å²) in [4.78, 5) is 2.42. The quantitative estimate of drug-likeness (QED) is 0.798. The van der Waals surface area contributed by atoms with E-state index in [4.69, 9.17) is 9.47 Å². The van der Waals surface area contributed by atoms with E-state index in [0.717, 1.165) is 29.9 Å². The lowest BCUT2D eigenvalue weighted by Gasteiger charge is -2.25. The first kappa shape index (κ1) is 16.1. The summed E-state index contributed by atoms with van der Waals surface area (Å²) in [5.41, 5.74) is 1.18. The van der Waals surface area contributed by atoms with Crippen LogP contribution in [0.2, 0.25) is 0 Å². The van der Waals surface area contributed by atoms with E-state index in [1.54, 1.807) is 14.2 Å². The predicted molar refractivity (Wildman–Crippen MR) is 86.1 cm³/mol. The fourth-order valence-corrected chi connectivity index (χ4v) is 2.89. The first-order valence-corrected chi connectivity index (χ1v) is 7.66. The van der Waals surface area contributed by atoms with Gasteiger partial charge in [-0.05, 0) is 38.4 Å². The fraction of sp³-hybridized carbons (Fsp3) is 0.647. The monoisotopic (exact) mass is 292 g/mol. The van der Waals surface area contributed by atoms with E-state index < -0.39 is 0 Å². The first-order chi connectivity index (χ1) is 10.1. The summed E-state index contributed by atoms with van der Waals surface area (Å²) in [6, 6.07) is 6.28.